The smallest absolute Gasteiger partial charge is 0.434 e. The maximum absolute atomic E-state index is 13.0. The van der Waals surface area contributed by atoms with Crippen LogP contribution in [0.4, 0.5) is 13.2 Å². The van der Waals surface area contributed by atoms with Crippen molar-refractivity contribution in [2.45, 2.75) is 31.8 Å². The first-order valence-electron chi connectivity index (χ1n) is 12.2. The largest absolute Gasteiger partial charge is 0.481 e. The van der Waals surface area contributed by atoms with Gasteiger partial charge in [0.1, 0.15) is 24.8 Å². The van der Waals surface area contributed by atoms with Crippen molar-refractivity contribution in [3.63, 3.8) is 0 Å². The fourth-order valence-electron chi connectivity index (χ4n) is 4.69. The van der Waals surface area contributed by atoms with Gasteiger partial charge in [-0.1, -0.05) is 24.3 Å². The summed E-state index contributed by atoms with van der Waals surface area (Å²) in [5.41, 5.74) is 6.65. The van der Waals surface area contributed by atoms with Gasteiger partial charge in [-0.3, -0.25) is 10.1 Å². The lowest BCUT2D eigenvalue weighted by Gasteiger charge is -2.30. The van der Waals surface area contributed by atoms with Gasteiger partial charge in [-0.05, 0) is 36.5 Å². The van der Waals surface area contributed by atoms with E-state index in [1.54, 1.807) is 26.3 Å². The minimum absolute atomic E-state index is 0.226. The van der Waals surface area contributed by atoms with Crippen LogP contribution in [0, 0.1) is 5.92 Å². The second-order valence-electron chi connectivity index (χ2n) is 9.38. The summed E-state index contributed by atoms with van der Waals surface area (Å²) in [5, 5.41) is 3.40. The van der Waals surface area contributed by atoms with E-state index in [1.807, 2.05) is 35.1 Å². The number of aryl methyl sites for hydroxylation is 1. The Kier molecular flexibility index (Phi) is 5.88. The molecule has 1 aromatic carbocycles. The minimum atomic E-state index is -4.49. The van der Waals surface area contributed by atoms with Crippen molar-refractivity contribution in [3.8, 4) is 11.4 Å². The van der Waals surface area contributed by atoms with Gasteiger partial charge in [0.2, 0.25) is 11.8 Å². The zero-order valence-corrected chi connectivity index (χ0v) is 20.8. The van der Waals surface area contributed by atoms with Crippen LogP contribution < -0.4 is 10.7 Å². The van der Waals surface area contributed by atoms with Crippen molar-refractivity contribution in [1.29, 1.82) is 0 Å². The van der Waals surface area contributed by atoms with Crippen LogP contribution in [0.5, 0.6) is 0 Å². The number of nitrogens with zero attached hydrogens (tertiary/aromatic N) is 5. The van der Waals surface area contributed by atoms with E-state index in [2.05, 4.69) is 20.7 Å². The number of fused-ring (bicyclic) bond motifs is 1. The van der Waals surface area contributed by atoms with Crippen molar-refractivity contribution in [2.24, 2.45) is 23.0 Å². The molecule has 0 spiro atoms. The molecule has 2 aromatic heterocycles. The number of hydrogen-bond donors (Lipinski definition) is 2. The van der Waals surface area contributed by atoms with Crippen LogP contribution in [-0.4, -0.2) is 46.0 Å². The molecule has 0 bridgehead atoms. The molecule has 3 aliphatic rings. The number of benzene rings is 1. The van der Waals surface area contributed by atoms with Gasteiger partial charge in [0.05, 0.1) is 12.7 Å². The molecule has 3 aromatic rings. The molecule has 38 heavy (non-hydrogen) atoms. The van der Waals surface area contributed by atoms with E-state index >= 15 is 0 Å². The zero-order valence-electron chi connectivity index (χ0n) is 20.8. The number of imidazole rings is 1. The van der Waals surface area contributed by atoms with Crippen LogP contribution in [-0.2, 0) is 29.3 Å². The van der Waals surface area contributed by atoms with Gasteiger partial charge in [0.25, 0.3) is 0 Å². The summed E-state index contributed by atoms with van der Waals surface area (Å²) in [7, 11) is 3.15. The van der Waals surface area contributed by atoms with Gasteiger partial charge in [-0.15, -0.1) is 0 Å². The topological polar surface area (TPSA) is 90.0 Å². The Labute approximate surface area is 216 Å². The van der Waals surface area contributed by atoms with Crippen LogP contribution in [0.2, 0.25) is 0 Å². The Bertz CT molecular complexity index is 1450. The number of ether oxygens (including phenoxy) is 2. The lowest BCUT2D eigenvalue weighted by molar-refractivity contribution is -0.140. The zero-order chi connectivity index (χ0) is 26.4. The van der Waals surface area contributed by atoms with Crippen LogP contribution in [0.3, 0.4) is 0 Å². The predicted octanol–water partition coefficient (Wildman–Crippen LogP) is 4.02. The number of allylic oxidation sites excluding steroid dienone is 1. The molecule has 1 unspecified atom stereocenters. The van der Waals surface area contributed by atoms with Gasteiger partial charge in [-0.25, -0.2) is 15.0 Å². The second kappa shape index (κ2) is 9.26. The number of hydrogen-bond acceptors (Lipinski definition) is 7. The normalized spacial score (nSPS) is 19.2. The van der Waals surface area contributed by atoms with E-state index in [9.17, 15) is 13.2 Å². The summed E-state index contributed by atoms with van der Waals surface area (Å²) >= 11 is 0. The maximum atomic E-state index is 13.0. The molecule has 1 aliphatic carbocycles. The summed E-state index contributed by atoms with van der Waals surface area (Å²) in [6, 6.07) is 10.9. The predicted molar refractivity (Wildman–Crippen MR) is 135 cm³/mol. The third-order valence-corrected chi connectivity index (χ3v) is 6.70. The standard InChI is InChI=1S/C26H26F3N7O2/c1-35-12-19(26(27,28)29)32-23(35)17-7-5-15(6-8-17)13-38-24-18-4-3-11-36(18)34-22(33-24)20-21(16-9-10-16)30-14-31-25(20)37-2/h3-8,11-12,16,22,30,34H,9-10,13-14H2,1-2H3. The highest BCUT2D eigenvalue weighted by Crippen LogP contribution is 2.39. The highest BCUT2D eigenvalue weighted by Gasteiger charge is 2.37. The van der Waals surface area contributed by atoms with Crippen LogP contribution in [0.15, 0.2) is 70.0 Å². The quantitative estimate of drug-likeness (QED) is 0.525. The Morgan fingerprint density at radius 2 is 1.89 bits per heavy atom. The summed E-state index contributed by atoms with van der Waals surface area (Å²) in [4.78, 5) is 13.1. The number of alkyl halides is 3. The SMILES string of the molecule is COC1=NCNC(C2CC2)=C1C1N=C(OCc2ccc(-c3nc(C(F)(F)F)cn3C)cc2)c2cccn2N1. The molecule has 0 amide bonds. The molecule has 2 aliphatic heterocycles. The van der Waals surface area contributed by atoms with Gasteiger partial charge in [0, 0.05) is 30.7 Å². The highest BCUT2D eigenvalue weighted by molar-refractivity contribution is 5.99. The van der Waals surface area contributed by atoms with Crippen molar-refractivity contribution in [2.75, 3.05) is 19.2 Å². The van der Waals surface area contributed by atoms with Gasteiger partial charge in [0.15, 0.2) is 11.9 Å². The first-order chi connectivity index (χ1) is 18.3. The van der Waals surface area contributed by atoms with E-state index in [-0.39, 0.29) is 12.4 Å². The molecule has 198 valence electrons. The fourth-order valence-corrected chi connectivity index (χ4v) is 4.69. The molecule has 6 rings (SSSR count). The van der Waals surface area contributed by atoms with Crippen molar-refractivity contribution in [3.05, 3.63) is 77.0 Å². The van der Waals surface area contributed by atoms with Crippen molar-refractivity contribution < 1.29 is 22.6 Å². The Hall–Kier alpha value is -4.22. The number of nitrogens with one attached hydrogen (secondary N) is 2. The lowest BCUT2D eigenvalue weighted by Crippen LogP contribution is -2.42. The summed E-state index contributed by atoms with van der Waals surface area (Å²) in [6.45, 7) is 0.697. The number of methoxy groups -OCH3 is 1. The molecule has 1 atom stereocenters. The molecule has 9 nitrogen and oxygen atoms in total. The molecular formula is C26H26F3N7O2. The number of aromatic nitrogens is 3. The molecule has 0 radical (unpaired) electrons. The first kappa shape index (κ1) is 24.1. The third kappa shape index (κ3) is 4.50. The third-order valence-electron chi connectivity index (χ3n) is 6.70. The van der Waals surface area contributed by atoms with E-state index in [0.717, 1.165) is 41.6 Å². The number of rotatable bonds is 5. The summed E-state index contributed by atoms with van der Waals surface area (Å²) in [5.74, 6) is 1.71. The van der Waals surface area contributed by atoms with Crippen molar-refractivity contribution >= 4 is 11.8 Å². The highest BCUT2D eigenvalue weighted by atomic mass is 19.4. The molecule has 2 N–H and O–H groups in total. The Morgan fingerprint density at radius 1 is 1.11 bits per heavy atom. The van der Waals surface area contributed by atoms with E-state index < -0.39 is 18.0 Å². The molecule has 1 saturated carbocycles. The van der Waals surface area contributed by atoms with E-state index in [1.165, 1.54) is 4.57 Å². The minimum Gasteiger partial charge on any atom is -0.481 e. The molecule has 4 heterocycles. The molecular weight excluding hydrogens is 499 g/mol. The van der Waals surface area contributed by atoms with Crippen LogP contribution in [0.1, 0.15) is 29.8 Å². The maximum Gasteiger partial charge on any atom is 0.434 e. The molecule has 12 heteroatoms. The monoisotopic (exact) mass is 525 g/mol. The second-order valence-corrected chi connectivity index (χ2v) is 9.38. The summed E-state index contributed by atoms with van der Waals surface area (Å²) < 4.78 is 54.1. The van der Waals surface area contributed by atoms with Gasteiger partial charge < -0.3 is 19.4 Å². The fraction of sp³-hybridized carbons (Fsp3) is 0.346. The van der Waals surface area contributed by atoms with Gasteiger partial charge in [-0.2, -0.15) is 13.2 Å². The van der Waals surface area contributed by atoms with Crippen molar-refractivity contribution in [1.82, 2.24) is 19.5 Å². The Morgan fingerprint density at radius 3 is 2.58 bits per heavy atom. The Balaban J connectivity index is 1.23. The van der Waals surface area contributed by atoms with E-state index in [4.69, 9.17) is 14.5 Å². The molecule has 0 saturated heterocycles. The summed E-state index contributed by atoms with van der Waals surface area (Å²) in [6.07, 6.45) is 0.161. The first-order valence-corrected chi connectivity index (χ1v) is 12.2. The van der Waals surface area contributed by atoms with Gasteiger partial charge >= 0.3 is 6.18 Å². The van der Waals surface area contributed by atoms with Crippen LogP contribution >= 0.6 is 0 Å². The molecule has 1 fully saturated rings. The van der Waals surface area contributed by atoms with Crippen LogP contribution in [0.25, 0.3) is 11.4 Å². The number of halogens is 3. The average Bonchev–Trinajstić information content (AvgIpc) is 3.51. The lowest BCUT2D eigenvalue weighted by atomic mass is 10.1. The number of aliphatic imine (C=N–C) groups is 2. The van der Waals surface area contributed by atoms with E-state index in [0.29, 0.717) is 29.9 Å². The average molecular weight is 526 g/mol.